The Morgan fingerprint density at radius 2 is 2.26 bits per heavy atom. The Morgan fingerprint density at radius 3 is 3.00 bits per heavy atom. The van der Waals surface area contributed by atoms with Gasteiger partial charge in [0.2, 0.25) is 5.91 Å². The van der Waals surface area contributed by atoms with Gasteiger partial charge in [-0.2, -0.15) is 0 Å². The molecular weight excluding hydrogens is 240 g/mol. The van der Waals surface area contributed by atoms with Crippen molar-refractivity contribution in [1.82, 2.24) is 4.90 Å². The van der Waals surface area contributed by atoms with Gasteiger partial charge in [-0.3, -0.25) is 4.79 Å². The number of rotatable bonds is 4. The van der Waals surface area contributed by atoms with Crippen molar-refractivity contribution in [3.05, 3.63) is 29.8 Å². The highest BCUT2D eigenvalue weighted by molar-refractivity contribution is 5.76. The number of hydrogen-bond donors (Lipinski definition) is 1. The van der Waals surface area contributed by atoms with E-state index in [-0.39, 0.29) is 12.0 Å². The molecule has 0 bridgehead atoms. The number of amides is 1. The molecule has 1 heterocycles. The number of hydrogen-bond acceptors (Lipinski definition) is 3. The summed E-state index contributed by atoms with van der Waals surface area (Å²) >= 11 is 0. The normalized spacial score (nSPS) is 19.4. The first-order valence-corrected chi connectivity index (χ1v) is 6.93. The van der Waals surface area contributed by atoms with E-state index in [2.05, 4.69) is 6.92 Å². The van der Waals surface area contributed by atoms with Crippen molar-refractivity contribution in [3.8, 4) is 0 Å². The smallest absolute Gasteiger partial charge is 0.223 e. The first-order valence-electron chi connectivity index (χ1n) is 6.93. The summed E-state index contributed by atoms with van der Waals surface area (Å²) in [7, 11) is 0. The molecular formula is C15H22N2O2. The van der Waals surface area contributed by atoms with E-state index >= 15 is 0 Å². The number of nitrogens with zero attached hydrogens (tertiary/aromatic N) is 1. The highest BCUT2D eigenvalue weighted by atomic mass is 16.5. The second-order valence-electron chi connectivity index (χ2n) is 4.94. The van der Waals surface area contributed by atoms with Crippen LogP contribution in [-0.2, 0) is 16.0 Å². The number of anilines is 1. The molecule has 0 spiro atoms. The molecule has 1 unspecified atom stereocenters. The fourth-order valence-electron chi connectivity index (χ4n) is 2.35. The quantitative estimate of drug-likeness (QED) is 0.842. The zero-order valence-corrected chi connectivity index (χ0v) is 11.5. The fourth-order valence-corrected chi connectivity index (χ4v) is 2.35. The largest absolute Gasteiger partial charge is 0.399 e. The number of benzene rings is 1. The maximum atomic E-state index is 12.2. The monoisotopic (exact) mass is 262 g/mol. The summed E-state index contributed by atoms with van der Waals surface area (Å²) in [5.41, 5.74) is 7.70. The zero-order valence-electron chi connectivity index (χ0n) is 11.5. The van der Waals surface area contributed by atoms with Crippen LogP contribution in [-0.4, -0.2) is 36.6 Å². The van der Waals surface area contributed by atoms with Crippen molar-refractivity contribution in [2.45, 2.75) is 32.3 Å². The molecule has 1 amide bonds. The molecule has 0 saturated carbocycles. The van der Waals surface area contributed by atoms with Gasteiger partial charge in [0.15, 0.2) is 0 Å². The van der Waals surface area contributed by atoms with Crippen LogP contribution in [0.3, 0.4) is 0 Å². The van der Waals surface area contributed by atoms with Gasteiger partial charge in [0.05, 0.1) is 12.7 Å². The van der Waals surface area contributed by atoms with Gasteiger partial charge in [-0.25, -0.2) is 0 Å². The molecule has 0 aliphatic carbocycles. The minimum Gasteiger partial charge on any atom is -0.399 e. The second kappa shape index (κ2) is 6.57. The van der Waals surface area contributed by atoms with E-state index in [1.807, 2.05) is 29.2 Å². The first-order chi connectivity index (χ1) is 9.20. The average Bonchev–Trinajstić information content (AvgIpc) is 2.46. The van der Waals surface area contributed by atoms with Crippen LogP contribution >= 0.6 is 0 Å². The van der Waals surface area contributed by atoms with Crippen LogP contribution in [0.25, 0.3) is 0 Å². The molecule has 4 heteroatoms. The molecule has 19 heavy (non-hydrogen) atoms. The third kappa shape index (κ3) is 3.70. The minimum atomic E-state index is 0.194. The number of aryl methyl sites for hydroxylation is 1. The van der Waals surface area contributed by atoms with Crippen LogP contribution in [0.1, 0.15) is 25.3 Å². The number of carbonyl (C=O) groups excluding carboxylic acids is 1. The summed E-state index contributed by atoms with van der Waals surface area (Å²) in [6.07, 6.45) is 2.37. The molecule has 2 rings (SSSR count). The predicted octanol–water partition coefficient (Wildman–Crippen LogP) is 1.84. The first kappa shape index (κ1) is 13.9. The predicted molar refractivity (Wildman–Crippen MR) is 75.8 cm³/mol. The fraction of sp³-hybridized carbons (Fsp3) is 0.533. The maximum absolute atomic E-state index is 12.2. The lowest BCUT2D eigenvalue weighted by molar-refractivity contribution is -0.138. The highest BCUT2D eigenvalue weighted by Crippen LogP contribution is 2.15. The van der Waals surface area contributed by atoms with Gasteiger partial charge in [-0.15, -0.1) is 0 Å². The summed E-state index contributed by atoms with van der Waals surface area (Å²) in [6, 6.07) is 7.73. The van der Waals surface area contributed by atoms with Crippen molar-refractivity contribution >= 4 is 11.6 Å². The lowest BCUT2D eigenvalue weighted by atomic mass is 10.1. The summed E-state index contributed by atoms with van der Waals surface area (Å²) in [6.45, 7) is 4.17. The molecule has 0 radical (unpaired) electrons. The lowest BCUT2D eigenvalue weighted by Crippen LogP contribution is -2.45. The van der Waals surface area contributed by atoms with Crippen molar-refractivity contribution in [2.24, 2.45) is 0 Å². The molecule has 1 aliphatic heterocycles. The van der Waals surface area contributed by atoms with Gasteiger partial charge < -0.3 is 15.4 Å². The third-order valence-corrected chi connectivity index (χ3v) is 3.61. The van der Waals surface area contributed by atoms with Gasteiger partial charge in [-0.1, -0.05) is 25.1 Å². The molecule has 1 atom stereocenters. The Kier molecular flexibility index (Phi) is 4.80. The van der Waals surface area contributed by atoms with E-state index in [9.17, 15) is 4.79 Å². The Bertz CT molecular complexity index is 434. The number of para-hydroxylation sites is 1. The standard InChI is InChI=1S/C15H22N2O2/c1-2-13-11-17(9-10-19-13)15(18)8-7-12-5-3-4-6-14(12)16/h3-6,13H,2,7-11,16H2,1H3. The molecule has 1 aromatic carbocycles. The van der Waals surface area contributed by atoms with Crippen LogP contribution < -0.4 is 5.73 Å². The van der Waals surface area contributed by atoms with E-state index in [1.165, 1.54) is 0 Å². The van der Waals surface area contributed by atoms with Crippen LogP contribution in [0.15, 0.2) is 24.3 Å². The minimum absolute atomic E-state index is 0.194. The summed E-state index contributed by atoms with van der Waals surface area (Å²) in [5, 5.41) is 0. The van der Waals surface area contributed by atoms with Crippen molar-refractivity contribution in [3.63, 3.8) is 0 Å². The molecule has 1 aliphatic rings. The van der Waals surface area contributed by atoms with Gasteiger partial charge >= 0.3 is 0 Å². The van der Waals surface area contributed by atoms with Gasteiger partial charge in [0.25, 0.3) is 0 Å². The summed E-state index contributed by atoms with van der Waals surface area (Å²) in [5.74, 6) is 0.199. The maximum Gasteiger partial charge on any atom is 0.223 e. The van der Waals surface area contributed by atoms with Crippen LogP contribution in [0.2, 0.25) is 0 Å². The van der Waals surface area contributed by atoms with E-state index < -0.39 is 0 Å². The van der Waals surface area contributed by atoms with Crippen LogP contribution in [0, 0.1) is 0 Å². The van der Waals surface area contributed by atoms with Crippen molar-refractivity contribution in [2.75, 3.05) is 25.4 Å². The van der Waals surface area contributed by atoms with Crippen LogP contribution in [0.4, 0.5) is 5.69 Å². The molecule has 2 N–H and O–H groups in total. The summed E-state index contributed by atoms with van der Waals surface area (Å²) in [4.78, 5) is 14.1. The van der Waals surface area contributed by atoms with Crippen LogP contribution in [0.5, 0.6) is 0 Å². The molecule has 1 saturated heterocycles. The molecule has 104 valence electrons. The Morgan fingerprint density at radius 1 is 1.47 bits per heavy atom. The van der Waals surface area contributed by atoms with E-state index in [0.717, 1.165) is 24.2 Å². The van der Waals surface area contributed by atoms with E-state index in [4.69, 9.17) is 10.5 Å². The summed E-state index contributed by atoms with van der Waals surface area (Å²) < 4.78 is 5.58. The van der Waals surface area contributed by atoms with Gasteiger partial charge in [0, 0.05) is 25.2 Å². The SMILES string of the molecule is CCC1CN(C(=O)CCc2ccccc2N)CCO1. The van der Waals surface area contributed by atoms with E-state index in [0.29, 0.717) is 26.0 Å². The Balaban J connectivity index is 1.86. The number of carbonyl (C=O) groups is 1. The number of morpholine rings is 1. The number of nitrogen functional groups attached to an aromatic ring is 1. The lowest BCUT2D eigenvalue weighted by Gasteiger charge is -2.32. The topological polar surface area (TPSA) is 55.6 Å². The average molecular weight is 262 g/mol. The van der Waals surface area contributed by atoms with Gasteiger partial charge in [0.1, 0.15) is 0 Å². The van der Waals surface area contributed by atoms with E-state index in [1.54, 1.807) is 0 Å². The molecule has 1 aromatic rings. The number of nitrogens with two attached hydrogens (primary N) is 1. The highest BCUT2D eigenvalue weighted by Gasteiger charge is 2.22. The molecule has 1 fully saturated rings. The van der Waals surface area contributed by atoms with Gasteiger partial charge in [-0.05, 0) is 24.5 Å². The third-order valence-electron chi connectivity index (χ3n) is 3.61. The Labute approximate surface area is 114 Å². The van der Waals surface area contributed by atoms with Crippen molar-refractivity contribution < 1.29 is 9.53 Å². The number of ether oxygens (including phenoxy) is 1. The van der Waals surface area contributed by atoms with Crippen molar-refractivity contribution in [1.29, 1.82) is 0 Å². The zero-order chi connectivity index (χ0) is 13.7. The molecule has 0 aromatic heterocycles. The second-order valence-corrected chi connectivity index (χ2v) is 4.94. The Hall–Kier alpha value is -1.55. The molecule has 4 nitrogen and oxygen atoms in total.